The number of amides is 1. The maximum absolute atomic E-state index is 15.1. The molecule has 206 valence electrons. The minimum Gasteiger partial charge on any atom is -0.361 e. The van der Waals surface area contributed by atoms with E-state index in [1.807, 2.05) is 32.9 Å². The van der Waals surface area contributed by atoms with Crippen LogP contribution in [0.4, 0.5) is 19.0 Å². The molecule has 0 aliphatic carbocycles. The Morgan fingerprint density at radius 3 is 2.51 bits per heavy atom. The molecule has 0 radical (unpaired) electrons. The number of benzene rings is 2. The van der Waals surface area contributed by atoms with Crippen LogP contribution in [0.5, 0.6) is 0 Å². The number of carbonyl (C=O) groups is 1. The van der Waals surface area contributed by atoms with E-state index in [4.69, 9.17) is 6.42 Å². The van der Waals surface area contributed by atoms with Gasteiger partial charge in [0.15, 0.2) is 5.82 Å². The van der Waals surface area contributed by atoms with E-state index < -0.39 is 23.8 Å². The van der Waals surface area contributed by atoms with Crippen LogP contribution in [0.25, 0.3) is 10.8 Å². The van der Waals surface area contributed by atoms with Gasteiger partial charge in [-0.25, -0.2) is 17.9 Å². The summed E-state index contributed by atoms with van der Waals surface area (Å²) in [4.78, 5) is 27.3. The minimum absolute atomic E-state index is 0.0340. The molecule has 1 N–H and O–H groups in total. The Morgan fingerprint density at radius 2 is 1.95 bits per heavy atom. The number of anilines is 1. The SMILES string of the molecule is C#C[C@@H]1CC(c2cc(CC)c3c(=O)n(CC)nc(N[C@H](CC)c4cccc(C(F)F)c4F)c3c2)CN1C(C)=O. The number of terminal acetylenes is 1. The summed E-state index contributed by atoms with van der Waals surface area (Å²) >= 11 is 0. The van der Waals surface area contributed by atoms with E-state index in [0.717, 1.165) is 17.2 Å². The van der Waals surface area contributed by atoms with Crippen LogP contribution in [0.3, 0.4) is 0 Å². The normalized spacial score (nSPS) is 18.0. The molecule has 1 unspecified atom stereocenters. The molecule has 1 saturated heterocycles. The standard InChI is InChI=1S/C30H33F3N4O2/c1-6-18-13-19(20-14-21(7-2)36(16-20)17(5)38)15-24-26(18)30(39)37(9-4)35-29(24)34-25(8-3)22-11-10-12-23(27(22)31)28(32)33/h2,10-13,15,20-21,25,28H,6,8-9,14,16H2,1,3-5H3,(H,34,35)/t20?,21-,25-/m1/s1. The largest absolute Gasteiger partial charge is 0.361 e. The number of fused-ring (bicyclic) bond motifs is 1. The molecule has 1 fully saturated rings. The van der Waals surface area contributed by atoms with Crippen LogP contribution in [0.2, 0.25) is 0 Å². The number of nitrogens with one attached hydrogen (secondary N) is 1. The number of alkyl halides is 2. The average molecular weight is 539 g/mol. The van der Waals surface area contributed by atoms with E-state index in [1.54, 1.807) is 4.90 Å². The summed E-state index contributed by atoms with van der Waals surface area (Å²) in [5.74, 6) is 1.99. The van der Waals surface area contributed by atoms with Gasteiger partial charge in [0.25, 0.3) is 12.0 Å². The second-order valence-corrected chi connectivity index (χ2v) is 9.87. The van der Waals surface area contributed by atoms with Gasteiger partial charge in [-0.3, -0.25) is 9.59 Å². The maximum atomic E-state index is 15.1. The lowest BCUT2D eigenvalue weighted by Crippen LogP contribution is -2.32. The Hall–Kier alpha value is -3.80. The molecule has 39 heavy (non-hydrogen) atoms. The zero-order valence-corrected chi connectivity index (χ0v) is 22.6. The van der Waals surface area contributed by atoms with Crippen molar-refractivity contribution < 1.29 is 18.0 Å². The zero-order valence-electron chi connectivity index (χ0n) is 22.6. The van der Waals surface area contributed by atoms with Crippen molar-refractivity contribution in [3.8, 4) is 12.3 Å². The topological polar surface area (TPSA) is 67.2 Å². The summed E-state index contributed by atoms with van der Waals surface area (Å²) in [5.41, 5.74) is 0.979. The Morgan fingerprint density at radius 1 is 1.23 bits per heavy atom. The van der Waals surface area contributed by atoms with Crippen molar-refractivity contribution in [3.05, 3.63) is 68.8 Å². The van der Waals surface area contributed by atoms with Gasteiger partial charge < -0.3 is 10.2 Å². The highest BCUT2D eigenvalue weighted by Crippen LogP contribution is 2.37. The number of rotatable bonds is 8. The third kappa shape index (κ3) is 5.25. The van der Waals surface area contributed by atoms with Crippen LogP contribution in [0, 0.1) is 18.2 Å². The predicted octanol–water partition coefficient (Wildman–Crippen LogP) is 5.96. The first kappa shape index (κ1) is 28.2. The lowest BCUT2D eigenvalue weighted by atomic mass is 9.91. The van der Waals surface area contributed by atoms with Crippen molar-refractivity contribution >= 4 is 22.5 Å². The fourth-order valence-corrected chi connectivity index (χ4v) is 5.50. The Balaban J connectivity index is 1.88. The Kier molecular flexibility index (Phi) is 8.34. The number of hydrogen-bond acceptors (Lipinski definition) is 4. The van der Waals surface area contributed by atoms with Gasteiger partial charge in [-0.1, -0.05) is 44.0 Å². The highest BCUT2D eigenvalue weighted by atomic mass is 19.3. The molecule has 1 aliphatic heterocycles. The lowest BCUT2D eigenvalue weighted by Gasteiger charge is -2.23. The van der Waals surface area contributed by atoms with Gasteiger partial charge >= 0.3 is 0 Å². The molecule has 0 bridgehead atoms. The molecule has 9 heteroatoms. The van der Waals surface area contributed by atoms with Crippen LogP contribution in [-0.2, 0) is 17.8 Å². The molecule has 1 aromatic heterocycles. The van der Waals surface area contributed by atoms with Gasteiger partial charge in [0.2, 0.25) is 5.91 Å². The molecule has 6 nitrogen and oxygen atoms in total. The lowest BCUT2D eigenvalue weighted by molar-refractivity contribution is -0.128. The first-order chi connectivity index (χ1) is 18.6. The van der Waals surface area contributed by atoms with E-state index in [1.165, 1.54) is 23.7 Å². The number of carbonyl (C=O) groups excluding carboxylic acids is 1. The van der Waals surface area contributed by atoms with Crippen molar-refractivity contribution in [2.24, 2.45) is 0 Å². The summed E-state index contributed by atoms with van der Waals surface area (Å²) in [6.07, 6.45) is 4.33. The van der Waals surface area contributed by atoms with Crippen LogP contribution < -0.4 is 10.9 Å². The van der Waals surface area contributed by atoms with E-state index >= 15 is 4.39 Å². The van der Waals surface area contributed by atoms with Gasteiger partial charge in [-0.05, 0) is 43.4 Å². The van der Waals surface area contributed by atoms with Crippen LogP contribution >= 0.6 is 0 Å². The molecule has 0 spiro atoms. The Labute approximate surface area is 226 Å². The average Bonchev–Trinajstić information content (AvgIpc) is 3.37. The smallest absolute Gasteiger partial charge is 0.275 e. The number of aryl methyl sites for hydroxylation is 2. The highest BCUT2D eigenvalue weighted by Gasteiger charge is 2.34. The summed E-state index contributed by atoms with van der Waals surface area (Å²) in [7, 11) is 0. The molecule has 4 rings (SSSR count). The summed E-state index contributed by atoms with van der Waals surface area (Å²) in [5, 5.41) is 8.90. The first-order valence-corrected chi connectivity index (χ1v) is 13.3. The molecule has 2 heterocycles. The molecule has 0 saturated carbocycles. The molecule has 2 aromatic carbocycles. The van der Waals surface area contributed by atoms with E-state index in [9.17, 15) is 18.4 Å². The van der Waals surface area contributed by atoms with Crippen molar-refractivity contribution in [1.82, 2.24) is 14.7 Å². The molecule has 1 amide bonds. The molecule has 3 atom stereocenters. The molecular weight excluding hydrogens is 505 g/mol. The molecule has 1 aliphatic rings. The third-order valence-corrected chi connectivity index (χ3v) is 7.60. The number of nitrogens with zero attached hydrogens (tertiary/aromatic N) is 3. The summed E-state index contributed by atoms with van der Waals surface area (Å²) < 4.78 is 43.3. The molecule has 3 aromatic rings. The first-order valence-electron chi connectivity index (χ1n) is 13.3. The van der Waals surface area contributed by atoms with Crippen molar-refractivity contribution in [1.29, 1.82) is 0 Å². The molecular formula is C30H33F3N4O2. The van der Waals surface area contributed by atoms with Crippen LogP contribution in [-0.4, -0.2) is 33.2 Å². The van der Waals surface area contributed by atoms with Gasteiger partial charge in [0.05, 0.1) is 23.0 Å². The van der Waals surface area contributed by atoms with Crippen molar-refractivity contribution in [2.45, 2.75) is 77.9 Å². The fraction of sp³-hybridized carbons (Fsp3) is 0.433. The van der Waals surface area contributed by atoms with Crippen molar-refractivity contribution in [3.63, 3.8) is 0 Å². The van der Waals surface area contributed by atoms with Gasteiger partial charge in [-0.15, -0.1) is 6.42 Å². The van der Waals surface area contributed by atoms with E-state index in [-0.39, 0.29) is 29.0 Å². The Bertz CT molecular complexity index is 1490. The zero-order chi connectivity index (χ0) is 28.4. The van der Waals surface area contributed by atoms with Crippen LogP contribution in [0.1, 0.15) is 81.2 Å². The number of halogens is 3. The van der Waals surface area contributed by atoms with Crippen LogP contribution in [0.15, 0.2) is 35.1 Å². The predicted molar refractivity (Wildman–Crippen MR) is 146 cm³/mol. The second kappa shape index (κ2) is 11.5. The highest BCUT2D eigenvalue weighted by molar-refractivity contribution is 5.94. The van der Waals surface area contributed by atoms with Gasteiger partial charge in [0.1, 0.15) is 5.82 Å². The number of aromatic nitrogens is 2. The second-order valence-electron chi connectivity index (χ2n) is 9.87. The monoisotopic (exact) mass is 538 g/mol. The summed E-state index contributed by atoms with van der Waals surface area (Å²) in [6.45, 7) is 7.87. The third-order valence-electron chi connectivity index (χ3n) is 7.60. The summed E-state index contributed by atoms with van der Waals surface area (Å²) in [6, 6.07) is 6.89. The van der Waals surface area contributed by atoms with E-state index in [0.29, 0.717) is 48.9 Å². The quantitative estimate of drug-likeness (QED) is 0.360. The maximum Gasteiger partial charge on any atom is 0.275 e. The minimum atomic E-state index is -2.94. The van der Waals surface area contributed by atoms with Gasteiger partial charge in [-0.2, -0.15) is 5.10 Å². The number of hydrogen-bond donors (Lipinski definition) is 1. The van der Waals surface area contributed by atoms with Gasteiger partial charge in [0, 0.05) is 36.9 Å². The fourth-order valence-electron chi connectivity index (χ4n) is 5.50. The van der Waals surface area contributed by atoms with Crippen molar-refractivity contribution in [2.75, 3.05) is 11.9 Å². The van der Waals surface area contributed by atoms with E-state index in [2.05, 4.69) is 16.3 Å². The number of likely N-dealkylation sites (tertiary alicyclic amines) is 1.